The van der Waals surface area contributed by atoms with Gasteiger partial charge in [-0.3, -0.25) is 0 Å². The summed E-state index contributed by atoms with van der Waals surface area (Å²) < 4.78 is 7.21. The Bertz CT molecular complexity index is 528. The highest BCUT2D eigenvalue weighted by Gasteiger charge is 2.04. The molecule has 1 aromatic carbocycles. The standard InChI is InChI=1S/C16H23N3O/c1-13-8-14(2)10-15(9-13)12-19-6-4-18-16(19)11-17-5-7-20-3/h4,6,8-10,17H,5,7,11-12H2,1-3H3. The fourth-order valence-electron chi connectivity index (χ4n) is 2.38. The molecule has 1 N–H and O–H groups in total. The highest BCUT2D eigenvalue weighted by molar-refractivity contribution is 5.28. The van der Waals surface area contributed by atoms with E-state index in [4.69, 9.17) is 4.74 Å². The first kappa shape index (κ1) is 14.8. The molecular weight excluding hydrogens is 250 g/mol. The number of nitrogens with zero attached hydrogens (tertiary/aromatic N) is 2. The molecule has 0 bridgehead atoms. The van der Waals surface area contributed by atoms with Crippen LogP contribution in [0.4, 0.5) is 0 Å². The molecule has 2 rings (SSSR count). The summed E-state index contributed by atoms with van der Waals surface area (Å²) in [5.41, 5.74) is 3.93. The number of ether oxygens (including phenoxy) is 1. The molecule has 0 radical (unpaired) electrons. The van der Waals surface area contributed by atoms with Crippen LogP contribution in [0.2, 0.25) is 0 Å². The second kappa shape index (κ2) is 7.22. The van der Waals surface area contributed by atoms with Gasteiger partial charge in [-0.1, -0.05) is 29.3 Å². The summed E-state index contributed by atoms with van der Waals surface area (Å²) in [5.74, 6) is 1.06. The molecule has 0 aliphatic rings. The van der Waals surface area contributed by atoms with E-state index >= 15 is 0 Å². The number of hydrogen-bond acceptors (Lipinski definition) is 3. The molecule has 4 nitrogen and oxygen atoms in total. The number of methoxy groups -OCH3 is 1. The number of hydrogen-bond donors (Lipinski definition) is 1. The second-order valence-electron chi connectivity index (χ2n) is 5.14. The van der Waals surface area contributed by atoms with Crippen LogP contribution in [-0.4, -0.2) is 29.8 Å². The highest BCUT2D eigenvalue weighted by atomic mass is 16.5. The lowest BCUT2D eigenvalue weighted by Gasteiger charge is -2.10. The summed E-state index contributed by atoms with van der Waals surface area (Å²) in [5, 5.41) is 3.33. The van der Waals surface area contributed by atoms with Crippen LogP contribution in [0.1, 0.15) is 22.5 Å². The summed E-state index contributed by atoms with van der Waals surface area (Å²) in [7, 11) is 1.71. The Morgan fingerprint density at radius 1 is 1.20 bits per heavy atom. The number of imidazole rings is 1. The van der Waals surface area contributed by atoms with Gasteiger partial charge in [0, 0.05) is 32.6 Å². The Kier molecular flexibility index (Phi) is 5.32. The first-order valence-corrected chi connectivity index (χ1v) is 6.96. The molecule has 0 amide bonds. The highest BCUT2D eigenvalue weighted by Crippen LogP contribution is 2.11. The topological polar surface area (TPSA) is 39.1 Å². The maximum absolute atomic E-state index is 5.02. The predicted octanol–water partition coefficient (Wildman–Crippen LogP) is 2.28. The molecule has 0 atom stereocenters. The zero-order chi connectivity index (χ0) is 14.4. The van der Waals surface area contributed by atoms with Crippen molar-refractivity contribution < 1.29 is 4.74 Å². The van der Waals surface area contributed by atoms with Gasteiger partial charge in [0.1, 0.15) is 5.82 Å². The van der Waals surface area contributed by atoms with E-state index in [2.05, 4.69) is 46.9 Å². The Hall–Kier alpha value is -1.65. The molecule has 0 fully saturated rings. The lowest BCUT2D eigenvalue weighted by Crippen LogP contribution is -2.21. The molecule has 20 heavy (non-hydrogen) atoms. The van der Waals surface area contributed by atoms with Crippen LogP contribution in [0, 0.1) is 13.8 Å². The molecule has 2 aromatic rings. The molecular formula is C16H23N3O. The molecule has 0 aliphatic carbocycles. The molecule has 1 aromatic heterocycles. The van der Waals surface area contributed by atoms with Crippen molar-refractivity contribution in [2.75, 3.05) is 20.3 Å². The maximum atomic E-state index is 5.02. The van der Waals surface area contributed by atoms with Crippen molar-refractivity contribution in [3.8, 4) is 0 Å². The molecule has 4 heteroatoms. The fourth-order valence-corrected chi connectivity index (χ4v) is 2.38. The zero-order valence-corrected chi connectivity index (χ0v) is 12.5. The van der Waals surface area contributed by atoms with Gasteiger partial charge in [-0.05, 0) is 19.4 Å². The molecule has 0 aliphatic heterocycles. The SMILES string of the molecule is COCCNCc1nccn1Cc1cc(C)cc(C)c1. The van der Waals surface area contributed by atoms with E-state index in [-0.39, 0.29) is 0 Å². The number of rotatable bonds is 7. The fraction of sp³-hybridized carbons (Fsp3) is 0.438. The first-order chi connectivity index (χ1) is 9.69. The van der Waals surface area contributed by atoms with Crippen LogP contribution in [0.25, 0.3) is 0 Å². The van der Waals surface area contributed by atoms with E-state index in [1.165, 1.54) is 16.7 Å². The molecule has 1 heterocycles. The average molecular weight is 273 g/mol. The second-order valence-corrected chi connectivity index (χ2v) is 5.14. The predicted molar refractivity (Wildman–Crippen MR) is 80.8 cm³/mol. The third-order valence-corrected chi connectivity index (χ3v) is 3.20. The zero-order valence-electron chi connectivity index (χ0n) is 12.5. The van der Waals surface area contributed by atoms with Gasteiger partial charge < -0.3 is 14.6 Å². The van der Waals surface area contributed by atoms with Gasteiger partial charge in [0.05, 0.1) is 13.2 Å². The minimum Gasteiger partial charge on any atom is -0.383 e. The van der Waals surface area contributed by atoms with E-state index in [1.54, 1.807) is 7.11 Å². The minimum absolute atomic E-state index is 0.720. The number of nitrogens with one attached hydrogen (secondary N) is 1. The van der Waals surface area contributed by atoms with Crippen molar-refractivity contribution in [1.29, 1.82) is 0 Å². The van der Waals surface area contributed by atoms with Crippen LogP contribution in [0.5, 0.6) is 0 Å². The van der Waals surface area contributed by atoms with Crippen molar-refractivity contribution in [3.05, 3.63) is 53.1 Å². The smallest absolute Gasteiger partial charge is 0.122 e. The number of benzene rings is 1. The summed E-state index contributed by atoms with van der Waals surface area (Å²) in [6, 6.07) is 6.66. The van der Waals surface area contributed by atoms with E-state index in [9.17, 15) is 0 Å². The summed E-state index contributed by atoms with van der Waals surface area (Å²) in [6.45, 7) is 7.46. The Balaban J connectivity index is 2.00. The van der Waals surface area contributed by atoms with Gasteiger partial charge in [-0.25, -0.2) is 4.98 Å². The summed E-state index contributed by atoms with van der Waals surface area (Å²) in [6.07, 6.45) is 3.89. The Morgan fingerprint density at radius 2 is 1.95 bits per heavy atom. The van der Waals surface area contributed by atoms with Gasteiger partial charge in [0.25, 0.3) is 0 Å². The van der Waals surface area contributed by atoms with Crippen LogP contribution < -0.4 is 5.32 Å². The van der Waals surface area contributed by atoms with Crippen LogP contribution >= 0.6 is 0 Å². The monoisotopic (exact) mass is 273 g/mol. The third-order valence-electron chi connectivity index (χ3n) is 3.20. The van der Waals surface area contributed by atoms with Crippen molar-refractivity contribution in [1.82, 2.24) is 14.9 Å². The van der Waals surface area contributed by atoms with Crippen LogP contribution in [0.3, 0.4) is 0 Å². The summed E-state index contributed by atoms with van der Waals surface area (Å²) >= 11 is 0. The van der Waals surface area contributed by atoms with Crippen LogP contribution in [-0.2, 0) is 17.8 Å². The van der Waals surface area contributed by atoms with Crippen molar-refractivity contribution in [2.45, 2.75) is 26.9 Å². The quantitative estimate of drug-likeness (QED) is 0.787. The number of aromatic nitrogens is 2. The maximum Gasteiger partial charge on any atom is 0.122 e. The van der Waals surface area contributed by atoms with Gasteiger partial charge in [-0.2, -0.15) is 0 Å². The average Bonchev–Trinajstić information content (AvgIpc) is 2.81. The minimum atomic E-state index is 0.720. The van der Waals surface area contributed by atoms with Gasteiger partial charge in [0.15, 0.2) is 0 Å². The number of aryl methyl sites for hydroxylation is 2. The first-order valence-electron chi connectivity index (χ1n) is 6.96. The lowest BCUT2D eigenvalue weighted by molar-refractivity contribution is 0.199. The van der Waals surface area contributed by atoms with Gasteiger partial charge in [-0.15, -0.1) is 0 Å². The van der Waals surface area contributed by atoms with Crippen LogP contribution in [0.15, 0.2) is 30.6 Å². The summed E-state index contributed by atoms with van der Waals surface area (Å²) in [4.78, 5) is 4.41. The van der Waals surface area contributed by atoms with Gasteiger partial charge >= 0.3 is 0 Å². The van der Waals surface area contributed by atoms with E-state index in [1.807, 2.05) is 12.4 Å². The van der Waals surface area contributed by atoms with E-state index in [0.717, 1.165) is 32.1 Å². The lowest BCUT2D eigenvalue weighted by atomic mass is 10.1. The Morgan fingerprint density at radius 3 is 2.65 bits per heavy atom. The molecule has 0 saturated heterocycles. The van der Waals surface area contributed by atoms with Crippen molar-refractivity contribution in [3.63, 3.8) is 0 Å². The largest absolute Gasteiger partial charge is 0.383 e. The molecule has 0 saturated carbocycles. The molecule has 0 unspecified atom stereocenters. The van der Waals surface area contributed by atoms with Crippen molar-refractivity contribution >= 4 is 0 Å². The third kappa shape index (κ3) is 4.18. The Labute approximate surface area is 120 Å². The van der Waals surface area contributed by atoms with E-state index in [0.29, 0.717) is 0 Å². The van der Waals surface area contributed by atoms with E-state index < -0.39 is 0 Å². The molecule has 108 valence electrons. The normalized spacial score (nSPS) is 10.9. The van der Waals surface area contributed by atoms with Gasteiger partial charge in [0.2, 0.25) is 0 Å². The molecule has 0 spiro atoms. The van der Waals surface area contributed by atoms with Crippen molar-refractivity contribution in [2.24, 2.45) is 0 Å².